The second-order valence-corrected chi connectivity index (χ2v) is 10.1. The number of ether oxygens (including phenoxy) is 1. The average Bonchev–Trinajstić information content (AvgIpc) is 2.83. The second kappa shape index (κ2) is 13.2. The topological polar surface area (TPSA) is 96.0 Å². The highest BCUT2D eigenvalue weighted by Crippen LogP contribution is 2.22. The van der Waals surface area contributed by atoms with Crippen molar-refractivity contribution in [2.75, 3.05) is 30.8 Å². The standard InChI is InChI=1S/C25H33F2N3O5S/c1-5-23(25(32)28-6-2)29(17-18-9-12-20(35-3)13-10-18)24(31)8-7-15-30(36(4,33)34)19-11-14-21(26)22(27)16-19/h9-14,16,23H,5-8,15,17H2,1-4H3,(H,28,32)/t23-/m1/s1. The van der Waals surface area contributed by atoms with Gasteiger partial charge in [0, 0.05) is 32.1 Å². The molecule has 0 saturated heterocycles. The molecule has 1 N–H and O–H groups in total. The molecular weight excluding hydrogens is 492 g/mol. The Bertz CT molecular complexity index is 1140. The van der Waals surface area contributed by atoms with Crippen LogP contribution in [-0.2, 0) is 26.2 Å². The van der Waals surface area contributed by atoms with Crippen LogP contribution in [0.15, 0.2) is 42.5 Å². The number of nitrogens with one attached hydrogen (secondary N) is 1. The van der Waals surface area contributed by atoms with E-state index in [2.05, 4.69) is 5.32 Å². The number of nitrogens with zero attached hydrogens (tertiary/aromatic N) is 2. The molecule has 0 fully saturated rings. The fraction of sp³-hybridized carbons (Fsp3) is 0.440. The van der Waals surface area contributed by atoms with E-state index in [-0.39, 0.29) is 43.4 Å². The first-order chi connectivity index (χ1) is 17.0. The molecular formula is C25H33F2N3O5S. The summed E-state index contributed by atoms with van der Waals surface area (Å²) in [6, 6.07) is 9.24. The van der Waals surface area contributed by atoms with E-state index in [0.29, 0.717) is 18.7 Å². The van der Waals surface area contributed by atoms with E-state index in [1.54, 1.807) is 38.3 Å². The highest BCUT2D eigenvalue weighted by atomic mass is 32.2. The number of carbonyl (C=O) groups excluding carboxylic acids is 2. The van der Waals surface area contributed by atoms with Crippen LogP contribution in [-0.4, -0.2) is 57.6 Å². The third-order valence-electron chi connectivity index (χ3n) is 5.59. The van der Waals surface area contributed by atoms with Gasteiger partial charge in [-0.25, -0.2) is 17.2 Å². The second-order valence-electron chi connectivity index (χ2n) is 8.23. The van der Waals surface area contributed by atoms with Gasteiger partial charge in [-0.2, -0.15) is 0 Å². The number of anilines is 1. The lowest BCUT2D eigenvalue weighted by atomic mass is 10.1. The van der Waals surface area contributed by atoms with Crippen molar-refractivity contribution < 1.29 is 31.5 Å². The number of methoxy groups -OCH3 is 1. The predicted octanol–water partition coefficient (Wildman–Crippen LogP) is 3.46. The molecule has 0 unspecified atom stereocenters. The van der Waals surface area contributed by atoms with Gasteiger partial charge in [-0.15, -0.1) is 0 Å². The molecule has 1 atom stereocenters. The SMILES string of the molecule is CCNC(=O)[C@@H](CC)N(Cc1ccc(OC)cc1)C(=O)CCCN(c1ccc(F)c(F)c1)S(C)(=O)=O. The Morgan fingerprint density at radius 2 is 1.72 bits per heavy atom. The molecule has 198 valence electrons. The summed E-state index contributed by atoms with van der Waals surface area (Å²) in [6.45, 7) is 4.07. The van der Waals surface area contributed by atoms with Crippen molar-refractivity contribution in [1.29, 1.82) is 0 Å². The van der Waals surface area contributed by atoms with Crippen LogP contribution >= 0.6 is 0 Å². The van der Waals surface area contributed by atoms with Crippen molar-refractivity contribution in [2.24, 2.45) is 0 Å². The number of likely N-dealkylation sites (N-methyl/N-ethyl adjacent to an activating group) is 1. The minimum atomic E-state index is -3.82. The van der Waals surface area contributed by atoms with Crippen LogP contribution in [0.1, 0.15) is 38.7 Å². The highest BCUT2D eigenvalue weighted by molar-refractivity contribution is 7.92. The van der Waals surface area contributed by atoms with Crippen LogP contribution in [0.4, 0.5) is 14.5 Å². The van der Waals surface area contributed by atoms with Crippen molar-refractivity contribution in [3.8, 4) is 5.75 Å². The van der Waals surface area contributed by atoms with Gasteiger partial charge < -0.3 is 15.0 Å². The third kappa shape index (κ3) is 7.91. The lowest BCUT2D eigenvalue weighted by molar-refractivity contribution is -0.141. The van der Waals surface area contributed by atoms with Gasteiger partial charge in [0.05, 0.1) is 19.1 Å². The summed E-state index contributed by atoms with van der Waals surface area (Å²) in [5.41, 5.74) is 0.763. The molecule has 2 rings (SSSR count). The summed E-state index contributed by atoms with van der Waals surface area (Å²) >= 11 is 0. The molecule has 2 amide bonds. The van der Waals surface area contributed by atoms with E-state index < -0.39 is 27.7 Å². The average molecular weight is 526 g/mol. The predicted molar refractivity (Wildman–Crippen MR) is 134 cm³/mol. The molecule has 0 aromatic heterocycles. The van der Waals surface area contributed by atoms with Crippen molar-refractivity contribution in [1.82, 2.24) is 10.2 Å². The largest absolute Gasteiger partial charge is 0.497 e. The van der Waals surface area contributed by atoms with Gasteiger partial charge >= 0.3 is 0 Å². The number of halogens is 2. The molecule has 0 radical (unpaired) electrons. The summed E-state index contributed by atoms with van der Waals surface area (Å²) in [4.78, 5) is 27.5. The van der Waals surface area contributed by atoms with Crippen LogP contribution in [0, 0.1) is 11.6 Å². The van der Waals surface area contributed by atoms with Crippen LogP contribution in [0.2, 0.25) is 0 Å². The smallest absolute Gasteiger partial charge is 0.242 e. The molecule has 2 aromatic carbocycles. The van der Waals surface area contributed by atoms with Gasteiger partial charge in [0.2, 0.25) is 21.8 Å². The number of sulfonamides is 1. The quantitative estimate of drug-likeness (QED) is 0.432. The monoisotopic (exact) mass is 525 g/mol. The van der Waals surface area contributed by atoms with E-state index in [4.69, 9.17) is 4.74 Å². The van der Waals surface area contributed by atoms with Crippen molar-refractivity contribution in [3.05, 3.63) is 59.7 Å². The fourth-order valence-corrected chi connectivity index (χ4v) is 4.74. The number of hydrogen-bond donors (Lipinski definition) is 1. The zero-order valence-electron chi connectivity index (χ0n) is 21.0. The van der Waals surface area contributed by atoms with E-state index in [9.17, 15) is 26.8 Å². The number of benzene rings is 2. The lowest BCUT2D eigenvalue weighted by Crippen LogP contribution is -2.49. The highest BCUT2D eigenvalue weighted by Gasteiger charge is 2.28. The van der Waals surface area contributed by atoms with E-state index >= 15 is 0 Å². The summed E-state index contributed by atoms with van der Waals surface area (Å²) < 4.78 is 57.7. The van der Waals surface area contributed by atoms with Crippen molar-refractivity contribution >= 4 is 27.5 Å². The molecule has 8 nitrogen and oxygen atoms in total. The number of carbonyl (C=O) groups is 2. The fourth-order valence-electron chi connectivity index (χ4n) is 3.78. The summed E-state index contributed by atoms with van der Waals surface area (Å²) in [6.07, 6.45) is 1.39. The third-order valence-corrected chi connectivity index (χ3v) is 6.79. The Balaban J connectivity index is 2.21. The zero-order chi connectivity index (χ0) is 26.9. The van der Waals surface area contributed by atoms with Gasteiger partial charge in [0.1, 0.15) is 11.8 Å². The normalized spacial score (nSPS) is 12.1. The minimum Gasteiger partial charge on any atom is -0.497 e. The Morgan fingerprint density at radius 3 is 2.25 bits per heavy atom. The maximum absolute atomic E-state index is 13.7. The molecule has 36 heavy (non-hydrogen) atoms. The molecule has 0 aliphatic rings. The van der Waals surface area contributed by atoms with E-state index in [1.807, 2.05) is 6.92 Å². The van der Waals surface area contributed by atoms with E-state index in [1.165, 1.54) is 11.0 Å². The minimum absolute atomic E-state index is 0.0345. The first kappa shape index (κ1) is 29.0. The first-order valence-electron chi connectivity index (χ1n) is 11.6. The summed E-state index contributed by atoms with van der Waals surface area (Å²) in [7, 11) is -2.27. The maximum atomic E-state index is 13.7. The molecule has 0 saturated carbocycles. The van der Waals surface area contributed by atoms with E-state index in [0.717, 1.165) is 28.3 Å². The van der Waals surface area contributed by atoms with Crippen LogP contribution in [0.3, 0.4) is 0 Å². The van der Waals surface area contributed by atoms with Gasteiger partial charge in [0.25, 0.3) is 0 Å². The lowest BCUT2D eigenvalue weighted by Gasteiger charge is -2.31. The Kier molecular flexibility index (Phi) is 10.6. The van der Waals surface area contributed by atoms with Gasteiger partial charge in [0.15, 0.2) is 11.6 Å². The Hall–Kier alpha value is -3.21. The molecule has 0 aliphatic heterocycles. The van der Waals surface area contributed by atoms with Gasteiger partial charge in [-0.1, -0.05) is 19.1 Å². The maximum Gasteiger partial charge on any atom is 0.242 e. The molecule has 0 spiro atoms. The van der Waals surface area contributed by atoms with Crippen LogP contribution < -0.4 is 14.4 Å². The molecule has 0 heterocycles. The zero-order valence-corrected chi connectivity index (χ0v) is 21.8. The van der Waals surface area contributed by atoms with Crippen LogP contribution in [0.25, 0.3) is 0 Å². The Labute approximate surface area is 211 Å². The molecule has 0 bridgehead atoms. The number of hydrogen-bond acceptors (Lipinski definition) is 5. The number of rotatable bonds is 13. The summed E-state index contributed by atoms with van der Waals surface area (Å²) in [5, 5.41) is 2.75. The number of amides is 2. The van der Waals surface area contributed by atoms with Gasteiger partial charge in [-0.05, 0) is 49.6 Å². The molecule has 2 aromatic rings. The first-order valence-corrected chi connectivity index (χ1v) is 13.5. The van der Waals surface area contributed by atoms with Crippen molar-refractivity contribution in [3.63, 3.8) is 0 Å². The molecule has 11 heteroatoms. The van der Waals surface area contributed by atoms with Gasteiger partial charge in [-0.3, -0.25) is 13.9 Å². The van der Waals surface area contributed by atoms with Crippen LogP contribution in [0.5, 0.6) is 5.75 Å². The van der Waals surface area contributed by atoms with Crippen molar-refractivity contribution in [2.45, 2.75) is 45.7 Å². The Morgan fingerprint density at radius 1 is 1.06 bits per heavy atom. The summed E-state index contributed by atoms with van der Waals surface area (Å²) in [5.74, 6) is -2.21. The molecule has 0 aliphatic carbocycles.